The first-order valence-corrected chi connectivity index (χ1v) is 6.43. The summed E-state index contributed by atoms with van der Waals surface area (Å²) >= 11 is 0. The van der Waals surface area contributed by atoms with Gasteiger partial charge >= 0.3 is 17.1 Å². The number of benzene rings is 1. The molecule has 0 radical (unpaired) electrons. The summed E-state index contributed by atoms with van der Waals surface area (Å²) in [5.74, 6) is -1.08. The van der Waals surface area contributed by atoms with Gasteiger partial charge in [-0.1, -0.05) is 6.92 Å². The van der Waals surface area contributed by atoms with E-state index >= 15 is 0 Å². The van der Waals surface area contributed by atoms with Crippen molar-refractivity contribution in [1.29, 1.82) is 0 Å². The topological polar surface area (TPSA) is 101 Å². The van der Waals surface area contributed by atoms with Gasteiger partial charge in [-0.15, -0.1) is 0 Å². The van der Waals surface area contributed by atoms with E-state index in [1.165, 1.54) is 22.8 Å². The van der Waals surface area contributed by atoms with E-state index < -0.39 is 17.1 Å². The Kier molecular flexibility index (Phi) is 4.23. The molecule has 2 rings (SSSR count). The molecular weight excluding hydrogens is 276 g/mol. The lowest BCUT2D eigenvalue weighted by Gasteiger charge is -2.14. The fourth-order valence-corrected chi connectivity index (χ4v) is 2.23. The van der Waals surface area contributed by atoms with Crippen LogP contribution in [0.2, 0.25) is 0 Å². The quantitative estimate of drug-likeness (QED) is 0.789. The van der Waals surface area contributed by atoms with Crippen molar-refractivity contribution in [2.75, 3.05) is 13.7 Å². The molecule has 1 aromatic heterocycles. The van der Waals surface area contributed by atoms with Crippen LogP contribution in [0.15, 0.2) is 27.8 Å². The Morgan fingerprint density at radius 2 is 2.14 bits per heavy atom. The van der Waals surface area contributed by atoms with E-state index in [1.807, 2.05) is 6.92 Å². The van der Waals surface area contributed by atoms with E-state index in [0.29, 0.717) is 17.6 Å². The molecule has 1 unspecified atom stereocenters. The van der Waals surface area contributed by atoms with Gasteiger partial charge in [0.15, 0.2) is 0 Å². The number of nitrogens with zero attached hydrogens (tertiary/aromatic N) is 1. The molecule has 7 nitrogen and oxygen atoms in total. The number of nitrogens with one attached hydrogen (secondary N) is 1. The van der Waals surface area contributed by atoms with Crippen LogP contribution in [0.5, 0.6) is 0 Å². The molecule has 0 bridgehead atoms. The maximum atomic E-state index is 12.0. The molecule has 0 spiro atoms. The summed E-state index contributed by atoms with van der Waals surface area (Å²) in [7, 11) is 1.55. The largest absolute Gasteiger partial charge is 0.478 e. The van der Waals surface area contributed by atoms with Crippen molar-refractivity contribution in [3.8, 4) is 0 Å². The molecule has 1 heterocycles. The number of fused-ring (bicyclic) bond motifs is 1. The Bertz CT molecular complexity index is 790. The summed E-state index contributed by atoms with van der Waals surface area (Å²) in [4.78, 5) is 37.2. The summed E-state index contributed by atoms with van der Waals surface area (Å²) in [5.41, 5.74) is -0.554. The van der Waals surface area contributed by atoms with Crippen LogP contribution in [0, 0.1) is 5.92 Å². The van der Waals surface area contributed by atoms with E-state index in [9.17, 15) is 14.4 Å². The predicted octanol–water partition coefficient (Wildman–Crippen LogP) is 0.671. The fraction of sp³-hybridized carbons (Fsp3) is 0.357. The van der Waals surface area contributed by atoms with Crippen LogP contribution < -0.4 is 11.1 Å². The third-order valence-corrected chi connectivity index (χ3v) is 3.17. The Labute approximate surface area is 119 Å². The molecule has 0 fully saturated rings. The van der Waals surface area contributed by atoms with Gasteiger partial charge in [0.2, 0.25) is 0 Å². The monoisotopic (exact) mass is 292 g/mol. The third kappa shape index (κ3) is 3.03. The molecule has 0 amide bonds. The highest BCUT2D eigenvalue weighted by Crippen LogP contribution is 2.13. The second kappa shape index (κ2) is 5.92. The highest BCUT2D eigenvalue weighted by atomic mass is 16.5. The van der Waals surface area contributed by atoms with Crippen molar-refractivity contribution < 1.29 is 14.6 Å². The van der Waals surface area contributed by atoms with Gasteiger partial charge in [-0.05, 0) is 24.1 Å². The van der Waals surface area contributed by atoms with Crippen LogP contribution >= 0.6 is 0 Å². The van der Waals surface area contributed by atoms with Crippen LogP contribution in [-0.4, -0.2) is 34.3 Å². The van der Waals surface area contributed by atoms with E-state index in [4.69, 9.17) is 9.84 Å². The SMILES string of the molecule is COCC(C)Cn1c(=O)c(=O)[nH]c2ccc(C(=O)O)cc21. The minimum absolute atomic E-state index is 0.00573. The Balaban J connectivity index is 2.66. The standard InChI is InChI=1S/C14H16N2O5/c1-8(7-21-2)6-16-11-5-9(14(19)20)3-4-10(11)15-12(17)13(16)18/h3-5,8H,6-7H2,1-2H3,(H,15,17)(H,19,20). The molecule has 0 saturated carbocycles. The number of carbonyl (C=O) groups is 1. The van der Waals surface area contributed by atoms with Crippen LogP contribution in [0.4, 0.5) is 0 Å². The Hall–Kier alpha value is -2.41. The smallest absolute Gasteiger partial charge is 0.335 e. The number of H-pyrrole nitrogens is 1. The average Bonchev–Trinajstić information content (AvgIpc) is 2.43. The first kappa shape index (κ1) is 15.0. The number of ether oxygens (including phenoxy) is 1. The summed E-state index contributed by atoms with van der Waals surface area (Å²) in [5, 5.41) is 9.05. The van der Waals surface area contributed by atoms with Crippen LogP contribution in [-0.2, 0) is 11.3 Å². The number of hydrogen-bond acceptors (Lipinski definition) is 4. The molecule has 21 heavy (non-hydrogen) atoms. The van der Waals surface area contributed by atoms with Gasteiger partial charge in [0.05, 0.1) is 23.2 Å². The van der Waals surface area contributed by atoms with Gasteiger partial charge in [-0.3, -0.25) is 9.59 Å². The lowest BCUT2D eigenvalue weighted by molar-refractivity contribution is 0.0697. The highest BCUT2D eigenvalue weighted by molar-refractivity contribution is 5.92. The zero-order valence-corrected chi connectivity index (χ0v) is 11.8. The molecule has 1 atom stereocenters. The van der Waals surface area contributed by atoms with Gasteiger partial charge in [0.1, 0.15) is 0 Å². The molecule has 0 aliphatic carbocycles. The minimum atomic E-state index is -1.09. The van der Waals surface area contributed by atoms with Crippen molar-refractivity contribution in [1.82, 2.24) is 9.55 Å². The molecule has 1 aromatic carbocycles. The molecule has 0 aliphatic heterocycles. The Morgan fingerprint density at radius 3 is 2.76 bits per heavy atom. The second-order valence-electron chi connectivity index (χ2n) is 4.97. The van der Waals surface area contributed by atoms with Gasteiger partial charge < -0.3 is 19.4 Å². The third-order valence-electron chi connectivity index (χ3n) is 3.17. The van der Waals surface area contributed by atoms with Crippen LogP contribution in [0.1, 0.15) is 17.3 Å². The number of methoxy groups -OCH3 is 1. The number of aromatic amines is 1. The predicted molar refractivity (Wildman–Crippen MR) is 76.8 cm³/mol. The number of carboxylic acid groups (broad SMARTS) is 1. The highest BCUT2D eigenvalue weighted by Gasteiger charge is 2.13. The minimum Gasteiger partial charge on any atom is -0.478 e. The first-order valence-electron chi connectivity index (χ1n) is 6.43. The maximum Gasteiger partial charge on any atom is 0.335 e. The van der Waals surface area contributed by atoms with Crippen molar-refractivity contribution in [2.24, 2.45) is 5.92 Å². The zero-order valence-electron chi connectivity index (χ0n) is 11.8. The van der Waals surface area contributed by atoms with Gasteiger partial charge in [0.25, 0.3) is 0 Å². The number of aromatic carboxylic acids is 1. The van der Waals surface area contributed by atoms with Gasteiger partial charge in [-0.25, -0.2) is 4.79 Å². The molecular formula is C14H16N2O5. The molecule has 112 valence electrons. The number of carboxylic acids is 1. The van der Waals surface area contributed by atoms with Crippen molar-refractivity contribution in [2.45, 2.75) is 13.5 Å². The maximum absolute atomic E-state index is 12.0. The Morgan fingerprint density at radius 1 is 1.43 bits per heavy atom. The second-order valence-corrected chi connectivity index (χ2v) is 4.97. The fourth-order valence-electron chi connectivity index (χ4n) is 2.23. The average molecular weight is 292 g/mol. The summed E-state index contributed by atoms with van der Waals surface area (Å²) in [6, 6.07) is 4.25. The molecule has 0 aliphatic rings. The van der Waals surface area contributed by atoms with E-state index in [-0.39, 0.29) is 18.0 Å². The lowest BCUT2D eigenvalue weighted by atomic mass is 10.1. The van der Waals surface area contributed by atoms with Crippen molar-refractivity contribution in [3.63, 3.8) is 0 Å². The van der Waals surface area contributed by atoms with Gasteiger partial charge in [0, 0.05) is 13.7 Å². The van der Waals surface area contributed by atoms with Crippen LogP contribution in [0.25, 0.3) is 11.0 Å². The van der Waals surface area contributed by atoms with E-state index in [1.54, 1.807) is 7.11 Å². The summed E-state index contributed by atoms with van der Waals surface area (Å²) in [6.45, 7) is 2.58. The van der Waals surface area contributed by atoms with Crippen molar-refractivity contribution >= 4 is 17.0 Å². The summed E-state index contributed by atoms with van der Waals surface area (Å²) < 4.78 is 6.32. The normalized spacial score (nSPS) is 12.5. The number of rotatable bonds is 5. The molecule has 2 aromatic rings. The lowest BCUT2D eigenvalue weighted by Crippen LogP contribution is -2.38. The molecule has 2 N–H and O–H groups in total. The molecule has 0 saturated heterocycles. The number of aromatic nitrogens is 2. The van der Waals surface area contributed by atoms with Crippen LogP contribution in [0.3, 0.4) is 0 Å². The first-order chi connectivity index (χ1) is 9.93. The van der Waals surface area contributed by atoms with Crippen molar-refractivity contribution in [3.05, 3.63) is 44.5 Å². The van der Waals surface area contributed by atoms with Gasteiger partial charge in [-0.2, -0.15) is 0 Å². The zero-order chi connectivity index (χ0) is 15.6. The molecule has 7 heteroatoms. The number of hydrogen-bond donors (Lipinski definition) is 2. The summed E-state index contributed by atoms with van der Waals surface area (Å²) in [6.07, 6.45) is 0. The van der Waals surface area contributed by atoms with E-state index in [0.717, 1.165) is 0 Å². The van der Waals surface area contributed by atoms with E-state index in [2.05, 4.69) is 4.98 Å².